The van der Waals surface area contributed by atoms with Gasteiger partial charge >= 0.3 is 0 Å². The Morgan fingerprint density at radius 1 is 0.885 bits per heavy atom. The molecular formula is C18H22N4O2S2. The second-order valence-corrected chi connectivity index (χ2v) is 7.62. The summed E-state index contributed by atoms with van der Waals surface area (Å²) in [5.41, 5.74) is 7.28. The molecular weight excluding hydrogens is 368 g/mol. The molecule has 8 heteroatoms. The molecule has 0 aliphatic rings. The summed E-state index contributed by atoms with van der Waals surface area (Å²) in [6.07, 6.45) is 5.23. The molecule has 6 nitrogen and oxygen atoms in total. The van der Waals surface area contributed by atoms with Crippen molar-refractivity contribution >= 4 is 46.9 Å². The maximum Gasteiger partial charge on any atom is 0.240 e. The molecule has 2 aromatic rings. The summed E-state index contributed by atoms with van der Waals surface area (Å²) < 4.78 is 0. The molecule has 0 atom stereocenters. The number of carbonyl (C=O) groups excluding carboxylic acids is 2. The first-order valence-corrected chi connectivity index (χ1v) is 10.0. The largest absolute Gasteiger partial charge is 0.273 e. The number of rotatable bonds is 9. The third-order valence-corrected chi connectivity index (χ3v) is 5.51. The molecule has 0 radical (unpaired) electrons. The molecule has 2 heterocycles. The maximum atomic E-state index is 11.7. The monoisotopic (exact) mass is 390 g/mol. The first-order valence-electron chi connectivity index (χ1n) is 8.28. The summed E-state index contributed by atoms with van der Waals surface area (Å²) in [6, 6.07) is 4.01. The van der Waals surface area contributed by atoms with E-state index < -0.39 is 0 Å². The lowest BCUT2D eigenvalue weighted by molar-refractivity contribution is -0.123. The van der Waals surface area contributed by atoms with E-state index in [2.05, 4.69) is 21.1 Å². The highest BCUT2D eigenvalue weighted by Gasteiger charge is 2.03. The minimum absolute atomic E-state index is 0.151. The molecule has 0 aliphatic heterocycles. The molecule has 0 bridgehead atoms. The third-order valence-electron chi connectivity index (χ3n) is 3.60. The van der Waals surface area contributed by atoms with Gasteiger partial charge in [-0.2, -0.15) is 10.2 Å². The standard InChI is InChI=1S/C18H22N4O2S2/c1-13-7-9-25-15(13)11-19-21-17(23)5-3-4-6-18(24)22-20-12-16-14(2)8-10-26-16/h7-12H,3-6H2,1-2H3,(H,21,23)(H,22,24)/b19-11-,20-12-. The minimum Gasteiger partial charge on any atom is -0.273 e. The molecule has 0 fully saturated rings. The van der Waals surface area contributed by atoms with Crippen LogP contribution in [0.25, 0.3) is 0 Å². The Balaban J connectivity index is 1.56. The molecule has 0 saturated carbocycles. The lowest BCUT2D eigenvalue weighted by atomic mass is 10.2. The van der Waals surface area contributed by atoms with E-state index >= 15 is 0 Å². The third kappa shape index (κ3) is 6.89. The van der Waals surface area contributed by atoms with Crippen molar-refractivity contribution in [2.24, 2.45) is 10.2 Å². The highest BCUT2D eigenvalue weighted by atomic mass is 32.1. The molecule has 0 saturated heterocycles. The predicted octanol–water partition coefficient (Wildman–Crippen LogP) is 3.59. The van der Waals surface area contributed by atoms with Crippen LogP contribution in [-0.4, -0.2) is 24.2 Å². The van der Waals surface area contributed by atoms with Gasteiger partial charge in [-0.25, -0.2) is 10.9 Å². The fourth-order valence-corrected chi connectivity index (χ4v) is 3.61. The average molecular weight is 391 g/mol. The highest BCUT2D eigenvalue weighted by molar-refractivity contribution is 7.12. The summed E-state index contributed by atoms with van der Waals surface area (Å²) in [4.78, 5) is 25.4. The Morgan fingerprint density at radius 2 is 1.31 bits per heavy atom. The second kappa shape index (κ2) is 10.6. The Hall–Kier alpha value is -2.32. The summed E-state index contributed by atoms with van der Waals surface area (Å²) in [6.45, 7) is 3.99. The summed E-state index contributed by atoms with van der Waals surface area (Å²) >= 11 is 3.15. The van der Waals surface area contributed by atoms with Gasteiger partial charge in [0.2, 0.25) is 11.8 Å². The molecule has 138 valence electrons. The van der Waals surface area contributed by atoms with Crippen LogP contribution in [0.2, 0.25) is 0 Å². The SMILES string of the molecule is Cc1ccsc1/C=N\NC(=O)CCCCC(=O)N/N=C\c1sccc1C. The number of hydrazone groups is 2. The number of hydrogen-bond acceptors (Lipinski definition) is 6. The van der Waals surface area contributed by atoms with Gasteiger partial charge in [0, 0.05) is 22.6 Å². The first kappa shape index (κ1) is 20.0. The topological polar surface area (TPSA) is 82.9 Å². The van der Waals surface area contributed by atoms with Gasteiger partial charge in [0.25, 0.3) is 0 Å². The molecule has 0 spiro atoms. The normalized spacial score (nSPS) is 11.3. The number of carbonyl (C=O) groups is 2. The van der Waals surface area contributed by atoms with Crippen LogP contribution < -0.4 is 10.9 Å². The highest BCUT2D eigenvalue weighted by Crippen LogP contribution is 2.13. The fourth-order valence-electron chi connectivity index (χ4n) is 2.04. The number of amides is 2. The molecule has 2 N–H and O–H groups in total. The van der Waals surface area contributed by atoms with Gasteiger partial charge in [-0.3, -0.25) is 9.59 Å². The van der Waals surface area contributed by atoms with Crippen LogP contribution in [0.3, 0.4) is 0 Å². The zero-order valence-corrected chi connectivity index (χ0v) is 16.5. The van der Waals surface area contributed by atoms with Crippen molar-refractivity contribution in [1.82, 2.24) is 10.9 Å². The van der Waals surface area contributed by atoms with Crippen molar-refractivity contribution in [3.05, 3.63) is 43.8 Å². The molecule has 0 unspecified atom stereocenters. The van der Waals surface area contributed by atoms with Gasteiger partial charge in [-0.05, 0) is 60.7 Å². The van der Waals surface area contributed by atoms with E-state index in [-0.39, 0.29) is 11.8 Å². The van der Waals surface area contributed by atoms with Gasteiger partial charge in [-0.15, -0.1) is 22.7 Å². The van der Waals surface area contributed by atoms with Gasteiger partial charge in [0.15, 0.2) is 0 Å². The van der Waals surface area contributed by atoms with Crippen LogP contribution in [0.15, 0.2) is 33.1 Å². The average Bonchev–Trinajstić information content (AvgIpc) is 3.20. The van der Waals surface area contributed by atoms with Gasteiger partial charge in [-0.1, -0.05) is 0 Å². The van der Waals surface area contributed by atoms with Crippen LogP contribution in [0.4, 0.5) is 0 Å². The number of hydrogen-bond donors (Lipinski definition) is 2. The molecule has 2 aromatic heterocycles. The van der Waals surface area contributed by atoms with Crippen LogP contribution in [0.5, 0.6) is 0 Å². The summed E-state index contributed by atoms with van der Waals surface area (Å²) in [5, 5.41) is 11.9. The molecule has 0 aliphatic carbocycles. The van der Waals surface area contributed by atoms with E-state index in [4.69, 9.17) is 0 Å². The van der Waals surface area contributed by atoms with E-state index in [9.17, 15) is 9.59 Å². The van der Waals surface area contributed by atoms with E-state index in [0.29, 0.717) is 25.7 Å². The van der Waals surface area contributed by atoms with Crippen molar-refractivity contribution in [3.8, 4) is 0 Å². The van der Waals surface area contributed by atoms with Crippen molar-refractivity contribution in [1.29, 1.82) is 0 Å². The Labute approximate surface area is 161 Å². The van der Waals surface area contributed by atoms with Crippen LogP contribution in [-0.2, 0) is 9.59 Å². The zero-order chi connectivity index (χ0) is 18.8. The quantitative estimate of drug-likeness (QED) is 0.390. The van der Waals surface area contributed by atoms with Crippen LogP contribution in [0.1, 0.15) is 46.6 Å². The van der Waals surface area contributed by atoms with Crippen molar-refractivity contribution < 1.29 is 9.59 Å². The minimum atomic E-state index is -0.151. The first-order chi connectivity index (χ1) is 12.6. The smallest absolute Gasteiger partial charge is 0.240 e. The number of nitrogens with zero attached hydrogens (tertiary/aromatic N) is 2. The van der Waals surface area contributed by atoms with E-state index in [0.717, 1.165) is 20.9 Å². The van der Waals surface area contributed by atoms with Crippen molar-refractivity contribution in [2.75, 3.05) is 0 Å². The molecule has 26 heavy (non-hydrogen) atoms. The summed E-state index contributed by atoms with van der Waals surface area (Å²) in [5.74, 6) is -0.302. The maximum absolute atomic E-state index is 11.7. The lowest BCUT2D eigenvalue weighted by Crippen LogP contribution is -2.18. The number of aryl methyl sites for hydroxylation is 2. The Morgan fingerprint density at radius 3 is 1.65 bits per heavy atom. The van der Waals surface area contributed by atoms with Crippen molar-refractivity contribution in [2.45, 2.75) is 39.5 Å². The van der Waals surface area contributed by atoms with E-state index in [1.165, 1.54) is 0 Å². The second-order valence-electron chi connectivity index (χ2n) is 5.73. The van der Waals surface area contributed by atoms with Crippen LogP contribution in [0, 0.1) is 13.8 Å². The fraction of sp³-hybridized carbons (Fsp3) is 0.333. The molecule has 0 aromatic carbocycles. The van der Waals surface area contributed by atoms with Crippen LogP contribution >= 0.6 is 22.7 Å². The molecule has 2 amide bonds. The van der Waals surface area contributed by atoms with Crippen molar-refractivity contribution in [3.63, 3.8) is 0 Å². The Bertz CT molecular complexity index is 726. The Kier molecular flexibility index (Phi) is 8.17. The number of thiophene rings is 2. The zero-order valence-electron chi connectivity index (χ0n) is 14.8. The van der Waals surface area contributed by atoms with E-state index in [1.807, 2.05) is 36.7 Å². The number of nitrogens with one attached hydrogen (secondary N) is 2. The van der Waals surface area contributed by atoms with E-state index in [1.54, 1.807) is 35.1 Å². The molecule has 2 rings (SSSR count). The lowest BCUT2D eigenvalue weighted by Gasteiger charge is -2.01. The van der Waals surface area contributed by atoms with Gasteiger partial charge in [0.1, 0.15) is 0 Å². The predicted molar refractivity (Wildman–Crippen MR) is 108 cm³/mol. The summed E-state index contributed by atoms with van der Waals surface area (Å²) in [7, 11) is 0. The number of unbranched alkanes of at least 4 members (excludes halogenated alkanes) is 1. The van der Waals surface area contributed by atoms with Gasteiger partial charge < -0.3 is 0 Å². The van der Waals surface area contributed by atoms with Gasteiger partial charge in [0.05, 0.1) is 12.4 Å².